The second-order valence-corrected chi connectivity index (χ2v) is 9.59. The number of rotatable bonds is 10. The van der Waals surface area contributed by atoms with Gasteiger partial charge in [-0.2, -0.15) is 0 Å². The Hall–Kier alpha value is -1.77. The van der Waals surface area contributed by atoms with E-state index in [9.17, 15) is 9.59 Å². The molecule has 0 bridgehead atoms. The summed E-state index contributed by atoms with van der Waals surface area (Å²) < 4.78 is 0.839. The molecular formula is C20H25BrN4O2S. The number of halogens is 1. The molecule has 0 spiro atoms. The van der Waals surface area contributed by atoms with Crippen molar-refractivity contribution in [3.63, 3.8) is 0 Å². The number of carbonyl (C=O) groups is 2. The highest BCUT2D eigenvalue weighted by atomic mass is 79.9. The van der Waals surface area contributed by atoms with Crippen LogP contribution in [0.3, 0.4) is 0 Å². The van der Waals surface area contributed by atoms with Crippen molar-refractivity contribution < 1.29 is 9.59 Å². The molecule has 1 aliphatic carbocycles. The van der Waals surface area contributed by atoms with Crippen molar-refractivity contribution in [3.8, 4) is 0 Å². The van der Waals surface area contributed by atoms with Crippen molar-refractivity contribution in [2.24, 2.45) is 11.1 Å². The van der Waals surface area contributed by atoms with Gasteiger partial charge in [0, 0.05) is 5.41 Å². The average Bonchev–Trinajstić information content (AvgIpc) is 3.39. The second-order valence-electron chi connectivity index (χ2n) is 7.18. The van der Waals surface area contributed by atoms with Crippen molar-refractivity contribution in [2.75, 3.05) is 11.9 Å². The summed E-state index contributed by atoms with van der Waals surface area (Å²) in [5.74, 6) is -0.268. The van der Waals surface area contributed by atoms with Crippen LogP contribution in [0.15, 0.2) is 40.3 Å². The normalized spacial score (nSPS) is 15.6. The number of hydrogen-bond acceptors (Lipinski definition) is 5. The van der Waals surface area contributed by atoms with Crippen LogP contribution in [0.25, 0.3) is 0 Å². The SMILES string of the molecule is NCCCC1(C(=O)N[C@H](CCc2ccccc2)C(=O)Nc2ncc(Br)s2)CC1. The van der Waals surface area contributed by atoms with Gasteiger partial charge in [0.25, 0.3) is 0 Å². The van der Waals surface area contributed by atoms with E-state index in [1.165, 1.54) is 11.3 Å². The lowest BCUT2D eigenvalue weighted by atomic mass is 9.97. The van der Waals surface area contributed by atoms with Crippen LogP contribution < -0.4 is 16.4 Å². The summed E-state index contributed by atoms with van der Waals surface area (Å²) in [6.45, 7) is 0.575. The van der Waals surface area contributed by atoms with E-state index in [2.05, 4.69) is 31.5 Å². The number of aromatic nitrogens is 1. The Kier molecular flexibility index (Phi) is 7.20. The molecule has 2 amide bonds. The molecule has 150 valence electrons. The fraction of sp³-hybridized carbons (Fsp3) is 0.450. The van der Waals surface area contributed by atoms with Crippen LogP contribution in [0.2, 0.25) is 0 Å². The number of carbonyl (C=O) groups excluding carboxylic acids is 2. The maximum absolute atomic E-state index is 12.9. The van der Waals surface area contributed by atoms with Crippen molar-refractivity contribution >= 4 is 44.2 Å². The molecule has 3 rings (SSSR count). The highest BCUT2D eigenvalue weighted by molar-refractivity contribution is 9.11. The lowest BCUT2D eigenvalue weighted by Crippen LogP contribution is -2.47. The van der Waals surface area contributed by atoms with E-state index in [0.717, 1.165) is 35.0 Å². The van der Waals surface area contributed by atoms with Gasteiger partial charge in [-0.05, 0) is 66.6 Å². The van der Waals surface area contributed by atoms with E-state index < -0.39 is 6.04 Å². The van der Waals surface area contributed by atoms with Crippen molar-refractivity contribution in [1.82, 2.24) is 10.3 Å². The maximum Gasteiger partial charge on any atom is 0.248 e. The van der Waals surface area contributed by atoms with Crippen LogP contribution in [0.4, 0.5) is 5.13 Å². The van der Waals surface area contributed by atoms with E-state index >= 15 is 0 Å². The fourth-order valence-corrected chi connectivity index (χ4v) is 4.33. The predicted octanol–water partition coefficient (Wildman–Crippen LogP) is 3.48. The van der Waals surface area contributed by atoms with Gasteiger partial charge in [0.05, 0.1) is 9.98 Å². The molecule has 1 fully saturated rings. The summed E-state index contributed by atoms with van der Waals surface area (Å²) in [5.41, 5.74) is 6.40. The summed E-state index contributed by atoms with van der Waals surface area (Å²) in [4.78, 5) is 29.9. The molecule has 1 aromatic heterocycles. The minimum atomic E-state index is -0.606. The number of nitrogens with zero attached hydrogens (tertiary/aromatic N) is 1. The summed E-state index contributed by atoms with van der Waals surface area (Å²) in [7, 11) is 0. The van der Waals surface area contributed by atoms with Crippen LogP contribution >= 0.6 is 27.3 Å². The van der Waals surface area contributed by atoms with Gasteiger partial charge in [0.1, 0.15) is 6.04 Å². The van der Waals surface area contributed by atoms with Gasteiger partial charge in [0.15, 0.2) is 5.13 Å². The van der Waals surface area contributed by atoms with Gasteiger partial charge in [-0.25, -0.2) is 4.98 Å². The maximum atomic E-state index is 12.9. The van der Waals surface area contributed by atoms with E-state index in [4.69, 9.17) is 5.73 Å². The van der Waals surface area contributed by atoms with Crippen LogP contribution in [0, 0.1) is 5.41 Å². The number of amides is 2. The number of anilines is 1. The molecule has 0 radical (unpaired) electrons. The topological polar surface area (TPSA) is 97.1 Å². The Labute approximate surface area is 177 Å². The molecule has 0 saturated heterocycles. The molecule has 0 aliphatic heterocycles. The first kappa shape index (κ1) is 21.0. The third-order valence-corrected chi connectivity index (χ3v) is 6.48. The standard InChI is InChI=1S/C20H25BrN4O2S/c21-16-13-23-19(28-16)25-17(26)15(8-7-14-5-2-1-3-6-14)24-18(27)20(10-11-20)9-4-12-22/h1-3,5-6,13,15H,4,7-12,22H2,(H,24,27)(H,23,25,26)/t15-/m1/s1. The molecule has 28 heavy (non-hydrogen) atoms. The van der Waals surface area contributed by atoms with Crippen LogP contribution in [0.5, 0.6) is 0 Å². The lowest BCUT2D eigenvalue weighted by molar-refractivity contribution is -0.130. The molecule has 4 N–H and O–H groups in total. The van der Waals surface area contributed by atoms with Crippen molar-refractivity contribution in [2.45, 2.75) is 44.6 Å². The molecule has 6 nitrogen and oxygen atoms in total. The van der Waals surface area contributed by atoms with E-state index in [1.54, 1.807) is 6.20 Å². The van der Waals surface area contributed by atoms with Crippen LogP contribution in [-0.4, -0.2) is 29.4 Å². The molecule has 8 heteroatoms. The summed E-state index contributed by atoms with van der Waals surface area (Å²) in [6.07, 6.45) is 6.21. The minimum Gasteiger partial charge on any atom is -0.344 e. The molecular weight excluding hydrogens is 440 g/mol. The third kappa shape index (κ3) is 5.62. The van der Waals surface area contributed by atoms with E-state index in [1.807, 2.05) is 30.3 Å². The van der Waals surface area contributed by atoms with Gasteiger partial charge in [-0.15, -0.1) is 0 Å². The molecule has 1 heterocycles. The number of nitrogens with two attached hydrogens (primary N) is 1. The van der Waals surface area contributed by atoms with Gasteiger partial charge in [-0.3, -0.25) is 9.59 Å². The largest absolute Gasteiger partial charge is 0.344 e. The second kappa shape index (κ2) is 9.62. The third-order valence-electron chi connectivity index (χ3n) is 5.09. The average molecular weight is 465 g/mol. The zero-order valence-electron chi connectivity index (χ0n) is 15.6. The fourth-order valence-electron chi connectivity index (χ4n) is 3.22. The zero-order valence-corrected chi connectivity index (χ0v) is 18.0. The molecule has 1 aromatic carbocycles. The van der Waals surface area contributed by atoms with Crippen LogP contribution in [-0.2, 0) is 16.0 Å². The Morgan fingerprint density at radius 3 is 2.64 bits per heavy atom. The highest BCUT2D eigenvalue weighted by Crippen LogP contribution is 2.49. The Balaban J connectivity index is 1.66. The Morgan fingerprint density at radius 2 is 2.04 bits per heavy atom. The van der Waals surface area contributed by atoms with Crippen molar-refractivity contribution in [3.05, 3.63) is 45.9 Å². The predicted molar refractivity (Wildman–Crippen MR) is 115 cm³/mol. The van der Waals surface area contributed by atoms with E-state index in [0.29, 0.717) is 24.5 Å². The highest BCUT2D eigenvalue weighted by Gasteiger charge is 2.49. The molecule has 1 aliphatic rings. The molecule has 2 aromatic rings. The first-order valence-electron chi connectivity index (χ1n) is 9.49. The first-order valence-corrected chi connectivity index (χ1v) is 11.1. The number of thiazole rings is 1. The van der Waals surface area contributed by atoms with Gasteiger partial charge >= 0.3 is 0 Å². The van der Waals surface area contributed by atoms with Crippen LogP contribution in [0.1, 0.15) is 37.7 Å². The Bertz CT molecular complexity index is 808. The first-order chi connectivity index (χ1) is 13.5. The van der Waals surface area contributed by atoms with Gasteiger partial charge in [0.2, 0.25) is 11.8 Å². The molecule has 0 unspecified atom stereocenters. The minimum absolute atomic E-state index is 0.0329. The summed E-state index contributed by atoms with van der Waals surface area (Å²) >= 11 is 4.69. The summed E-state index contributed by atoms with van der Waals surface area (Å²) in [5, 5.41) is 6.34. The summed E-state index contributed by atoms with van der Waals surface area (Å²) in [6, 6.07) is 9.36. The lowest BCUT2D eigenvalue weighted by Gasteiger charge is -2.22. The van der Waals surface area contributed by atoms with Crippen molar-refractivity contribution in [1.29, 1.82) is 0 Å². The number of nitrogens with one attached hydrogen (secondary N) is 2. The Morgan fingerprint density at radius 1 is 1.29 bits per heavy atom. The zero-order chi connectivity index (χ0) is 20.0. The molecule has 1 saturated carbocycles. The quantitative estimate of drug-likeness (QED) is 0.501. The number of aryl methyl sites for hydroxylation is 1. The van der Waals surface area contributed by atoms with Gasteiger partial charge in [-0.1, -0.05) is 41.7 Å². The monoisotopic (exact) mass is 464 g/mol. The van der Waals surface area contributed by atoms with E-state index in [-0.39, 0.29) is 17.2 Å². The molecule has 1 atom stereocenters. The van der Waals surface area contributed by atoms with Gasteiger partial charge < -0.3 is 16.4 Å². The number of benzene rings is 1. The smallest absolute Gasteiger partial charge is 0.248 e. The number of hydrogen-bond donors (Lipinski definition) is 3.